The van der Waals surface area contributed by atoms with Crippen LogP contribution in [0.5, 0.6) is 5.88 Å². The highest BCUT2D eigenvalue weighted by Gasteiger charge is 2.14. The number of nitrogens with zero attached hydrogens (tertiary/aromatic N) is 1. The van der Waals surface area contributed by atoms with Gasteiger partial charge in [0.15, 0.2) is 0 Å². The van der Waals surface area contributed by atoms with Crippen LogP contribution in [-0.2, 0) is 0 Å². The Bertz CT molecular complexity index is 428. The Morgan fingerprint density at radius 1 is 1.28 bits per heavy atom. The Hall–Kier alpha value is -1.53. The van der Waals surface area contributed by atoms with Crippen molar-refractivity contribution >= 4 is 0 Å². The van der Waals surface area contributed by atoms with Crippen LogP contribution in [0.1, 0.15) is 37.8 Å². The first-order valence-corrected chi connectivity index (χ1v) is 6.67. The third kappa shape index (κ3) is 4.05. The first kappa shape index (κ1) is 12.9. The standard InChI is InChI=1S/C15H20N2O/c16-11-5-9-14-8-4-10-15(17-14)18-12-13-6-2-1-3-7-13/h4,8,10,13H,1-3,6-7,11-12,16H2. The molecule has 0 spiro atoms. The quantitative estimate of drug-likeness (QED) is 0.830. The van der Waals surface area contributed by atoms with Crippen molar-refractivity contribution in [2.45, 2.75) is 32.1 Å². The van der Waals surface area contributed by atoms with E-state index in [1.165, 1.54) is 32.1 Å². The SMILES string of the molecule is NCC#Cc1cccc(OCC2CCCCC2)n1. The highest BCUT2D eigenvalue weighted by Crippen LogP contribution is 2.24. The smallest absolute Gasteiger partial charge is 0.214 e. The van der Waals surface area contributed by atoms with Gasteiger partial charge in [-0.05, 0) is 30.7 Å². The summed E-state index contributed by atoms with van der Waals surface area (Å²) in [6.45, 7) is 1.13. The molecule has 96 valence electrons. The van der Waals surface area contributed by atoms with Crippen LogP contribution in [0.15, 0.2) is 18.2 Å². The zero-order valence-electron chi connectivity index (χ0n) is 10.7. The minimum atomic E-state index is 0.356. The number of ether oxygens (including phenoxy) is 1. The predicted molar refractivity (Wildman–Crippen MR) is 72.2 cm³/mol. The van der Waals surface area contributed by atoms with Crippen LogP contribution in [0.4, 0.5) is 0 Å². The molecule has 0 unspecified atom stereocenters. The zero-order chi connectivity index (χ0) is 12.6. The maximum atomic E-state index is 5.76. The van der Waals surface area contributed by atoms with E-state index in [-0.39, 0.29) is 0 Å². The van der Waals surface area contributed by atoms with Gasteiger partial charge in [0.25, 0.3) is 0 Å². The van der Waals surface area contributed by atoms with Gasteiger partial charge in [-0.1, -0.05) is 31.2 Å². The molecule has 3 heteroatoms. The Morgan fingerprint density at radius 2 is 2.11 bits per heavy atom. The number of hydrogen-bond donors (Lipinski definition) is 1. The van der Waals surface area contributed by atoms with Gasteiger partial charge in [0.1, 0.15) is 5.69 Å². The fraction of sp³-hybridized carbons (Fsp3) is 0.533. The third-order valence-electron chi connectivity index (χ3n) is 3.23. The molecular weight excluding hydrogens is 224 g/mol. The molecule has 0 aromatic carbocycles. The van der Waals surface area contributed by atoms with Crippen molar-refractivity contribution in [3.63, 3.8) is 0 Å². The largest absolute Gasteiger partial charge is 0.477 e. The van der Waals surface area contributed by atoms with Gasteiger partial charge < -0.3 is 10.5 Å². The summed E-state index contributed by atoms with van der Waals surface area (Å²) in [5.41, 5.74) is 6.06. The summed E-state index contributed by atoms with van der Waals surface area (Å²) in [5, 5.41) is 0. The number of hydrogen-bond acceptors (Lipinski definition) is 3. The van der Waals surface area contributed by atoms with Crippen LogP contribution in [0.3, 0.4) is 0 Å². The summed E-state index contributed by atoms with van der Waals surface area (Å²) in [6, 6.07) is 5.68. The highest BCUT2D eigenvalue weighted by molar-refractivity contribution is 5.30. The van der Waals surface area contributed by atoms with E-state index in [1.54, 1.807) is 0 Å². The fourth-order valence-corrected chi connectivity index (χ4v) is 2.26. The van der Waals surface area contributed by atoms with Crippen molar-refractivity contribution in [1.29, 1.82) is 0 Å². The monoisotopic (exact) mass is 244 g/mol. The van der Waals surface area contributed by atoms with Gasteiger partial charge in [-0.25, -0.2) is 4.98 Å². The van der Waals surface area contributed by atoms with Gasteiger partial charge in [0.2, 0.25) is 5.88 Å². The van der Waals surface area contributed by atoms with E-state index >= 15 is 0 Å². The van der Waals surface area contributed by atoms with Crippen LogP contribution in [0.25, 0.3) is 0 Å². The van der Waals surface area contributed by atoms with Gasteiger partial charge in [0.05, 0.1) is 13.2 Å². The van der Waals surface area contributed by atoms with Crippen molar-refractivity contribution in [1.82, 2.24) is 4.98 Å². The Morgan fingerprint density at radius 3 is 2.89 bits per heavy atom. The molecule has 2 N–H and O–H groups in total. The average Bonchev–Trinajstić information content (AvgIpc) is 2.44. The molecule has 0 saturated heterocycles. The molecular formula is C15H20N2O. The molecule has 1 fully saturated rings. The topological polar surface area (TPSA) is 48.1 Å². The predicted octanol–water partition coefficient (Wildman–Crippen LogP) is 2.35. The van der Waals surface area contributed by atoms with Gasteiger partial charge in [0, 0.05) is 6.07 Å². The summed E-state index contributed by atoms with van der Waals surface area (Å²) in [5.74, 6) is 7.08. The molecule has 0 aliphatic heterocycles. The van der Waals surface area contributed by atoms with Crippen LogP contribution in [0, 0.1) is 17.8 Å². The first-order valence-electron chi connectivity index (χ1n) is 6.67. The lowest BCUT2D eigenvalue weighted by Gasteiger charge is -2.21. The zero-order valence-corrected chi connectivity index (χ0v) is 10.7. The van der Waals surface area contributed by atoms with Gasteiger partial charge in [-0.2, -0.15) is 0 Å². The molecule has 1 aromatic rings. The van der Waals surface area contributed by atoms with E-state index in [2.05, 4.69) is 16.8 Å². The normalized spacial score (nSPS) is 15.8. The maximum Gasteiger partial charge on any atom is 0.214 e. The lowest BCUT2D eigenvalue weighted by atomic mass is 9.90. The molecule has 0 atom stereocenters. The number of aromatic nitrogens is 1. The van der Waals surface area contributed by atoms with Crippen molar-refractivity contribution in [2.24, 2.45) is 11.7 Å². The molecule has 0 bridgehead atoms. The van der Waals surface area contributed by atoms with E-state index < -0.39 is 0 Å². The second kappa shape index (κ2) is 7.03. The van der Waals surface area contributed by atoms with Gasteiger partial charge in [-0.15, -0.1) is 0 Å². The van der Waals surface area contributed by atoms with E-state index in [9.17, 15) is 0 Å². The maximum absolute atomic E-state index is 5.76. The van der Waals surface area contributed by atoms with Gasteiger partial charge in [-0.3, -0.25) is 0 Å². The molecule has 1 saturated carbocycles. The molecule has 1 heterocycles. The summed E-state index contributed by atoms with van der Waals surface area (Å²) < 4.78 is 5.76. The van der Waals surface area contributed by atoms with Crippen LogP contribution >= 0.6 is 0 Å². The fourth-order valence-electron chi connectivity index (χ4n) is 2.26. The van der Waals surface area contributed by atoms with E-state index in [0.29, 0.717) is 18.3 Å². The summed E-state index contributed by atoms with van der Waals surface area (Å²) in [7, 11) is 0. The summed E-state index contributed by atoms with van der Waals surface area (Å²) >= 11 is 0. The molecule has 0 radical (unpaired) electrons. The lowest BCUT2D eigenvalue weighted by molar-refractivity contribution is 0.203. The Labute approximate surface area is 109 Å². The van der Waals surface area contributed by atoms with Crippen molar-refractivity contribution < 1.29 is 4.74 Å². The highest BCUT2D eigenvalue weighted by atomic mass is 16.5. The Balaban J connectivity index is 1.88. The molecule has 3 nitrogen and oxygen atoms in total. The molecule has 1 aliphatic carbocycles. The average molecular weight is 244 g/mol. The van der Waals surface area contributed by atoms with Crippen LogP contribution in [-0.4, -0.2) is 18.1 Å². The minimum absolute atomic E-state index is 0.356. The van der Waals surface area contributed by atoms with Gasteiger partial charge >= 0.3 is 0 Å². The van der Waals surface area contributed by atoms with Crippen LogP contribution < -0.4 is 10.5 Å². The first-order chi connectivity index (χ1) is 8.88. The second-order valence-electron chi connectivity index (χ2n) is 4.68. The molecule has 18 heavy (non-hydrogen) atoms. The minimum Gasteiger partial charge on any atom is -0.477 e. The lowest BCUT2D eigenvalue weighted by Crippen LogP contribution is -2.15. The molecule has 2 rings (SSSR count). The van der Waals surface area contributed by atoms with Crippen molar-refractivity contribution in [3.8, 4) is 17.7 Å². The number of nitrogens with two attached hydrogens (primary N) is 1. The van der Waals surface area contributed by atoms with E-state index in [4.69, 9.17) is 10.5 Å². The Kier molecular flexibility index (Phi) is 5.04. The van der Waals surface area contributed by atoms with E-state index in [1.807, 2.05) is 18.2 Å². The third-order valence-corrected chi connectivity index (χ3v) is 3.23. The summed E-state index contributed by atoms with van der Waals surface area (Å²) in [6.07, 6.45) is 6.62. The van der Waals surface area contributed by atoms with Crippen LogP contribution in [0.2, 0.25) is 0 Å². The van der Waals surface area contributed by atoms with Crippen molar-refractivity contribution in [3.05, 3.63) is 23.9 Å². The van der Waals surface area contributed by atoms with E-state index in [0.717, 1.165) is 12.3 Å². The number of pyridine rings is 1. The molecule has 0 amide bonds. The molecule has 1 aliphatic rings. The number of rotatable bonds is 3. The second-order valence-corrected chi connectivity index (χ2v) is 4.68. The van der Waals surface area contributed by atoms with Crippen molar-refractivity contribution in [2.75, 3.05) is 13.2 Å². The molecule has 1 aromatic heterocycles. The summed E-state index contributed by atoms with van der Waals surface area (Å²) in [4.78, 5) is 4.34.